The Morgan fingerprint density at radius 1 is 1.13 bits per heavy atom. The monoisotopic (exact) mass is 420 g/mol. The first-order valence-electron chi connectivity index (χ1n) is 11.7. The van der Waals surface area contributed by atoms with Gasteiger partial charge in [-0.15, -0.1) is 0 Å². The molecule has 0 aliphatic carbocycles. The van der Waals surface area contributed by atoms with E-state index in [1.165, 1.54) is 25.7 Å². The van der Waals surface area contributed by atoms with Crippen molar-refractivity contribution in [1.29, 1.82) is 0 Å². The summed E-state index contributed by atoms with van der Waals surface area (Å²) in [5.41, 5.74) is 0. The van der Waals surface area contributed by atoms with Gasteiger partial charge in [-0.1, -0.05) is 39.0 Å². The Kier molecular flexibility index (Phi) is 11.0. The molecule has 30 heavy (non-hydrogen) atoms. The number of furan rings is 1. The van der Waals surface area contributed by atoms with Crippen LogP contribution >= 0.6 is 0 Å². The van der Waals surface area contributed by atoms with E-state index in [0.717, 1.165) is 38.1 Å². The molecule has 0 spiro atoms. The molecule has 0 radical (unpaired) electrons. The summed E-state index contributed by atoms with van der Waals surface area (Å²) in [7, 11) is 0. The molecule has 2 amide bonds. The molecule has 6 heteroatoms. The first kappa shape index (κ1) is 24.4. The third kappa shape index (κ3) is 8.50. The molecule has 1 aromatic heterocycles. The molecule has 6 nitrogen and oxygen atoms in total. The highest BCUT2D eigenvalue weighted by Crippen LogP contribution is 2.17. The van der Waals surface area contributed by atoms with Gasteiger partial charge in [0.05, 0.1) is 25.5 Å². The minimum atomic E-state index is -0.0492. The lowest BCUT2D eigenvalue weighted by Crippen LogP contribution is -2.47. The van der Waals surface area contributed by atoms with E-state index in [9.17, 15) is 9.59 Å². The predicted octanol–water partition coefficient (Wildman–Crippen LogP) is 4.77. The fourth-order valence-corrected chi connectivity index (χ4v) is 3.88. The average molecular weight is 421 g/mol. The van der Waals surface area contributed by atoms with Crippen LogP contribution in [0.25, 0.3) is 0 Å². The van der Waals surface area contributed by atoms with Crippen molar-refractivity contribution < 1.29 is 18.7 Å². The van der Waals surface area contributed by atoms with Crippen LogP contribution in [0.3, 0.4) is 0 Å². The topological polar surface area (TPSA) is 63.0 Å². The Hall–Kier alpha value is -1.82. The second kappa shape index (κ2) is 13.5. The van der Waals surface area contributed by atoms with E-state index in [0.29, 0.717) is 19.5 Å². The van der Waals surface area contributed by atoms with E-state index in [1.54, 1.807) is 16.1 Å². The number of carbonyl (C=O) groups is 2. The number of amides is 2. The molecule has 1 saturated heterocycles. The normalized spacial score (nSPS) is 16.2. The number of nitrogens with zero attached hydrogens (tertiary/aromatic N) is 2. The van der Waals surface area contributed by atoms with Gasteiger partial charge in [-0.2, -0.15) is 0 Å². The van der Waals surface area contributed by atoms with Crippen molar-refractivity contribution in [2.75, 3.05) is 19.7 Å². The molecule has 0 bridgehead atoms. The summed E-state index contributed by atoms with van der Waals surface area (Å²) < 4.78 is 11.2. The largest absolute Gasteiger partial charge is 0.467 e. The maximum absolute atomic E-state index is 13.2. The number of hydrogen-bond acceptors (Lipinski definition) is 4. The Bertz CT molecular complexity index is 609. The fourth-order valence-electron chi connectivity index (χ4n) is 3.88. The van der Waals surface area contributed by atoms with Crippen LogP contribution in [0.15, 0.2) is 22.8 Å². The summed E-state index contributed by atoms with van der Waals surface area (Å²) in [5.74, 6) is 0.770. The maximum atomic E-state index is 13.2. The third-order valence-corrected chi connectivity index (χ3v) is 5.72. The van der Waals surface area contributed by atoms with Gasteiger partial charge in [0.15, 0.2) is 0 Å². The first-order chi connectivity index (χ1) is 14.5. The number of carbonyl (C=O) groups excluding carboxylic acids is 2. The highest BCUT2D eigenvalue weighted by Gasteiger charge is 2.27. The van der Waals surface area contributed by atoms with Crippen molar-refractivity contribution in [2.24, 2.45) is 0 Å². The van der Waals surface area contributed by atoms with Crippen LogP contribution in [0.2, 0.25) is 0 Å². The van der Waals surface area contributed by atoms with Crippen LogP contribution in [0.5, 0.6) is 0 Å². The fraction of sp³-hybridized carbons (Fsp3) is 0.750. The lowest BCUT2D eigenvalue weighted by molar-refractivity contribution is -0.143. The molecule has 1 aromatic rings. The zero-order chi connectivity index (χ0) is 21.8. The van der Waals surface area contributed by atoms with Crippen LogP contribution in [0.1, 0.15) is 84.3 Å². The minimum Gasteiger partial charge on any atom is -0.467 e. The molecule has 2 rings (SSSR count). The zero-order valence-electron chi connectivity index (χ0n) is 19.1. The molecule has 0 N–H and O–H groups in total. The number of unbranched alkanes of at least 4 members (excludes halogenated alkanes) is 5. The quantitative estimate of drug-likeness (QED) is 0.407. The van der Waals surface area contributed by atoms with E-state index in [2.05, 4.69) is 6.92 Å². The van der Waals surface area contributed by atoms with Gasteiger partial charge in [0.25, 0.3) is 0 Å². The molecular formula is C24H40N2O4. The van der Waals surface area contributed by atoms with Crippen LogP contribution in [-0.4, -0.2) is 53.5 Å². The van der Waals surface area contributed by atoms with Gasteiger partial charge in [0, 0.05) is 25.6 Å². The summed E-state index contributed by atoms with van der Waals surface area (Å²) >= 11 is 0. The highest BCUT2D eigenvalue weighted by molar-refractivity contribution is 5.85. The van der Waals surface area contributed by atoms with Gasteiger partial charge in [-0.25, -0.2) is 0 Å². The highest BCUT2D eigenvalue weighted by atomic mass is 16.5. The Morgan fingerprint density at radius 3 is 2.53 bits per heavy atom. The summed E-state index contributed by atoms with van der Waals surface area (Å²) in [5, 5.41) is 0. The number of ether oxygens (including phenoxy) is 1. The zero-order valence-corrected chi connectivity index (χ0v) is 19.1. The Balaban J connectivity index is 1.90. The lowest BCUT2D eigenvalue weighted by Gasteiger charge is -2.31. The predicted molar refractivity (Wildman–Crippen MR) is 118 cm³/mol. The second-order valence-electron chi connectivity index (χ2n) is 8.62. The van der Waals surface area contributed by atoms with Crippen molar-refractivity contribution in [3.8, 4) is 0 Å². The van der Waals surface area contributed by atoms with Crippen molar-refractivity contribution in [3.63, 3.8) is 0 Å². The average Bonchev–Trinajstić information content (AvgIpc) is 3.42. The second-order valence-corrected chi connectivity index (χ2v) is 8.62. The molecule has 2 heterocycles. The van der Waals surface area contributed by atoms with Crippen LogP contribution < -0.4 is 0 Å². The SMILES string of the molecule is CCCCCCCCC(=O)N(CC(=O)N(Cc1ccco1)CC1CCCO1)C(C)C. The third-order valence-electron chi connectivity index (χ3n) is 5.72. The van der Waals surface area contributed by atoms with Crippen LogP contribution in [0.4, 0.5) is 0 Å². The molecule has 1 fully saturated rings. The van der Waals surface area contributed by atoms with Gasteiger partial charge in [-0.05, 0) is 45.2 Å². The molecule has 1 aliphatic heterocycles. The lowest BCUT2D eigenvalue weighted by atomic mass is 10.1. The summed E-state index contributed by atoms with van der Waals surface area (Å²) in [6.07, 6.45) is 11.1. The summed E-state index contributed by atoms with van der Waals surface area (Å²) in [4.78, 5) is 29.5. The van der Waals surface area contributed by atoms with Gasteiger partial charge in [0.2, 0.25) is 11.8 Å². The minimum absolute atomic E-state index is 0.00488. The van der Waals surface area contributed by atoms with Crippen molar-refractivity contribution in [3.05, 3.63) is 24.2 Å². The summed E-state index contributed by atoms with van der Waals surface area (Å²) in [6.45, 7) is 7.96. The molecule has 1 aliphatic rings. The first-order valence-corrected chi connectivity index (χ1v) is 11.7. The van der Waals surface area contributed by atoms with E-state index in [1.807, 2.05) is 26.0 Å². The van der Waals surface area contributed by atoms with Crippen LogP contribution in [-0.2, 0) is 20.9 Å². The number of hydrogen-bond donors (Lipinski definition) is 0. The smallest absolute Gasteiger partial charge is 0.242 e. The molecule has 170 valence electrons. The molecule has 1 unspecified atom stereocenters. The van der Waals surface area contributed by atoms with E-state index >= 15 is 0 Å². The van der Waals surface area contributed by atoms with E-state index in [-0.39, 0.29) is 30.5 Å². The molecule has 0 saturated carbocycles. The summed E-state index contributed by atoms with van der Waals surface area (Å²) in [6, 6.07) is 3.70. The standard InChI is InChI=1S/C24H40N2O4/c1-4-5-6-7-8-9-14-23(27)26(20(2)3)19-24(28)25(17-21-12-10-15-29-21)18-22-13-11-16-30-22/h10,12,15,20,22H,4-9,11,13-14,16-19H2,1-3H3. The Labute approximate surface area is 181 Å². The molecule has 1 atom stereocenters. The van der Waals surface area contributed by atoms with E-state index < -0.39 is 0 Å². The molecular weight excluding hydrogens is 380 g/mol. The van der Waals surface area contributed by atoms with Crippen molar-refractivity contribution in [1.82, 2.24) is 9.80 Å². The van der Waals surface area contributed by atoms with Gasteiger partial charge >= 0.3 is 0 Å². The molecule has 0 aromatic carbocycles. The van der Waals surface area contributed by atoms with Crippen molar-refractivity contribution in [2.45, 2.75) is 97.2 Å². The van der Waals surface area contributed by atoms with Crippen LogP contribution in [0, 0.1) is 0 Å². The van der Waals surface area contributed by atoms with Gasteiger partial charge < -0.3 is 19.0 Å². The van der Waals surface area contributed by atoms with Gasteiger partial charge in [-0.3, -0.25) is 9.59 Å². The number of rotatable bonds is 14. The van der Waals surface area contributed by atoms with Gasteiger partial charge in [0.1, 0.15) is 5.76 Å². The van der Waals surface area contributed by atoms with E-state index in [4.69, 9.17) is 9.15 Å². The maximum Gasteiger partial charge on any atom is 0.242 e. The van der Waals surface area contributed by atoms with Crippen molar-refractivity contribution >= 4 is 11.8 Å². The Morgan fingerprint density at radius 2 is 1.90 bits per heavy atom.